The summed E-state index contributed by atoms with van der Waals surface area (Å²) in [5.41, 5.74) is 0.946. The molecule has 0 heterocycles. The minimum atomic E-state index is -0.214. The summed E-state index contributed by atoms with van der Waals surface area (Å²) in [5.74, 6) is 1.18. The summed E-state index contributed by atoms with van der Waals surface area (Å²) >= 11 is 0. The Bertz CT molecular complexity index is 576. The van der Waals surface area contributed by atoms with Gasteiger partial charge in [0, 0.05) is 33.1 Å². The highest BCUT2D eigenvalue weighted by atomic mass is 127. The summed E-state index contributed by atoms with van der Waals surface area (Å²) in [5, 5.41) is 9.31. The van der Waals surface area contributed by atoms with Gasteiger partial charge in [-0.15, -0.1) is 24.0 Å². The molecule has 1 amide bonds. The van der Waals surface area contributed by atoms with E-state index in [1.54, 1.807) is 13.1 Å². The van der Waals surface area contributed by atoms with Crippen molar-refractivity contribution in [2.24, 2.45) is 10.9 Å². The van der Waals surface area contributed by atoms with Crippen LogP contribution in [0.4, 0.5) is 4.39 Å². The van der Waals surface area contributed by atoms with Crippen molar-refractivity contribution in [3.63, 3.8) is 0 Å². The monoisotopic (exact) mass is 476 g/mol. The highest BCUT2D eigenvalue weighted by molar-refractivity contribution is 14.0. The van der Waals surface area contributed by atoms with Crippen molar-refractivity contribution in [1.29, 1.82) is 0 Å². The summed E-state index contributed by atoms with van der Waals surface area (Å²) < 4.78 is 13.1. The lowest BCUT2D eigenvalue weighted by molar-refractivity contribution is -0.121. The second-order valence-corrected chi connectivity index (χ2v) is 6.51. The molecule has 1 aliphatic carbocycles. The molecule has 26 heavy (non-hydrogen) atoms. The predicted octanol–water partition coefficient (Wildman–Crippen LogP) is 2.85. The fourth-order valence-electron chi connectivity index (χ4n) is 3.17. The Morgan fingerprint density at radius 3 is 2.54 bits per heavy atom. The number of carbonyl (C=O) groups is 1. The van der Waals surface area contributed by atoms with E-state index in [1.165, 1.54) is 37.8 Å². The zero-order valence-electron chi connectivity index (χ0n) is 15.4. The van der Waals surface area contributed by atoms with E-state index in [-0.39, 0.29) is 35.7 Å². The Labute approximate surface area is 172 Å². The second-order valence-electron chi connectivity index (χ2n) is 6.51. The van der Waals surface area contributed by atoms with E-state index in [2.05, 4.69) is 20.9 Å². The molecule has 0 saturated heterocycles. The summed E-state index contributed by atoms with van der Waals surface area (Å²) in [6, 6.07) is 6.60. The zero-order valence-corrected chi connectivity index (χ0v) is 17.7. The summed E-state index contributed by atoms with van der Waals surface area (Å²) in [6.45, 7) is 1.86. The molecular weight excluding hydrogens is 446 g/mol. The average molecular weight is 476 g/mol. The first-order valence-electron chi connectivity index (χ1n) is 9.13. The third-order valence-electron chi connectivity index (χ3n) is 4.51. The molecule has 7 heteroatoms. The number of halogens is 2. The number of amides is 1. The van der Waals surface area contributed by atoms with E-state index in [1.807, 2.05) is 6.07 Å². The topological polar surface area (TPSA) is 65.5 Å². The van der Waals surface area contributed by atoms with Gasteiger partial charge in [0.2, 0.25) is 5.91 Å². The number of hydrogen-bond acceptors (Lipinski definition) is 2. The lowest BCUT2D eigenvalue weighted by Gasteiger charge is -2.13. The van der Waals surface area contributed by atoms with E-state index >= 15 is 0 Å². The Balaban J connectivity index is 0.00000338. The number of nitrogens with one attached hydrogen (secondary N) is 3. The maximum atomic E-state index is 13.1. The van der Waals surface area contributed by atoms with E-state index in [9.17, 15) is 9.18 Å². The molecule has 0 atom stereocenters. The van der Waals surface area contributed by atoms with Crippen LogP contribution in [0.5, 0.6) is 0 Å². The standard InChI is InChI=1S/C19H29FN4O.HI/c1-21-19(23-10-9-16-7-4-8-17(20)13-16)24-12-11-22-18(25)14-15-5-2-3-6-15;/h4,7-8,13,15H,2-3,5-6,9-12,14H2,1H3,(H,22,25)(H2,21,23,24);1H. The normalized spacial score (nSPS) is 14.6. The van der Waals surface area contributed by atoms with Crippen LogP contribution in [0.25, 0.3) is 0 Å². The van der Waals surface area contributed by atoms with Crippen molar-refractivity contribution in [3.05, 3.63) is 35.6 Å². The lowest BCUT2D eigenvalue weighted by atomic mass is 10.0. The number of guanidine groups is 1. The van der Waals surface area contributed by atoms with Gasteiger partial charge < -0.3 is 16.0 Å². The van der Waals surface area contributed by atoms with Crippen molar-refractivity contribution in [3.8, 4) is 0 Å². The molecule has 1 saturated carbocycles. The number of rotatable bonds is 8. The largest absolute Gasteiger partial charge is 0.356 e. The third-order valence-corrected chi connectivity index (χ3v) is 4.51. The summed E-state index contributed by atoms with van der Waals surface area (Å²) in [7, 11) is 1.70. The quantitative estimate of drug-likeness (QED) is 0.234. The molecule has 0 aromatic heterocycles. The molecule has 5 nitrogen and oxygen atoms in total. The van der Waals surface area contributed by atoms with Gasteiger partial charge in [-0.1, -0.05) is 25.0 Å². The van der Waals surface area contributed by atoms with Crippen LogP contribution in [0, 0.1) is 11.7 Å². The van der Waals surface area contributed by atoms with Gasteiger partial charge >= 0.3 is 0 Å². The van der Waals surface area contributed by atoms with Crippen LogP contribution in [0.3, 0.4) is 0 Å². The molecule has 1 aromatic rings. The van der Waals surface area contributed by atoms with Gasteiger partial charge in [0.1, 0.15) is 5.82 Å². The third kappa shape index (κ3) is 8.82. The van der Waals surface area contributed by atoms with Crippen molar-refractivity contribution in [2.45, 2.75) is 38.5 Å². The van der Waals surface area contributed by atoms with Gasteiger partial charge in [0.25, 0.3) is 0 Å². The number of aliphatic imine (C=N–C) groups is 1. The van der Waals surface area contributed by atoms with Crippen LogP contribution in [0.15, 0.2) is 29.3 Å². The Hall–Kier alpha value is -1.38. The molecule has 1 aromatic carbocycles. The van der Waals surface area contributed by atoms with Crippen molar-refractivity contribution in [2.75, 3.05) is 26.7 Å². The number of carbonyl (C=O) groups excluding carboxylic acids is 1. The first kappa shape index (κ1) is 22.7. The molecule has 1 aliphatic rings. The van der Waals surface area contributed by atoms with E-state index in [0.29, 0.717) is 37.9 Å². The van der Waals surface area contributed by atoms with Gasteiger partial charge in [-0.2, -0.15) is 0 Å². The number of benzene rings is 1. The fourth-order valence-corrected chi connectivity index (χ4v) is 3.17. The van der Waals surface area contributed by atoms with Gasteiger partial charge in [-0.25, -0.2) is 4.39 Å². The fraction of sp³-hybridized carbons (Fsp3) is 0.579. The average Bonchev–Trinajstić information content (AvgIpc) is 3.10. The molecule has 0 bridgehead atoms. The first-order valence-corrected chi connectivity index (χ1v) is 9.13. The second kappa shape index (κ2) is 12.9. The minimum Gasteiger partial charge on any atom is -0.356 e. The molecule has 3 N–H and O–H groups in total. The van der Waals surface area contributed by atoms with Crippen LogP contribution >= 0.6 is 24.0 Å². The van der Waals surface area contributed by atoms with Crippen LogP contribution in [0.2, 0.25) is 0 Å². The highest BCUT2D eigenvalue weighted by Crippen LogP contribution is 2.27. The SMILES string of the molecule is CN=C(NCCNC(=O)CC1CCCC1)NCCc1cccc(F)c1.I. The van der Waals surface area contributed by atoms with Gasteiger partial charge in [0.05, 0.1) is 0 Å². The van der Waals surface area contributed by atoms with E-state index in [0.717, 1.165) is 12.0 Å². The maximum Gasteiger partial charge on any atom is 0.220 e. The molecule has 0 spiro atoms. The first-order chi connectivity index (χ1) is 12.2. The maximum absolute atomic E-state index is 13.1. The Morgan fingerprint density at radius 2 is 1.85 bits per heavy atom. The van der Waals surface area contributed by atoms with E-state index in [4.69, 9.17) is 0 Å². The van der Waals surface area contributed by atoms with Crippen molar-refractivity contribution in [1.82, 2.24) is 16.0 Å². The van der Waals surface area contributed by atoms with Gasteiger partial charge in [0.15, 0.2) is 5.96 Å². The van der Waals surface area contributed by atoms with Crippen LogP contribution in [-0.2, 0) is 11.2 Å². The smallest absolute Gasteiger partial charge is 0.220 e. The van der Waals surface area contributed by atoms with Crippen molar-refractivity contribution < 1.29 is 9.18 Å². The van der Waals surface area contributed by atoms with Crippen molar-refractivity contribution >= 4 is 35.8 Å². The predicted molar refractivity (Wildman–Crippen MR) is 114 cm³/mol. The molecular formula is C19H30FIN4O. The van der Waals surface area contributed by atoms with E-state index < -0.39 is 0 Å². The molecule has 0 unspecified atom stereocenters. The zero-order chi connectivity index (χ0) is 17.9. The van der Waals surface area contributed by atoms with Crippen LogP contribution < -0.4 is 16.0 Å². The number of hydrogen-bond donors (Lipinski definition) is 3. The summed E-state index contributed by atoms with van der Waals surface area (Å²) in [6.07, 6.45) is 6.27. The highest BCUT2D eigenvalue weighted by Gasteiger charge is 2.17. The van der Waals surface area contributed by atoms with Crippen LogP contribution in [-0.4, -0.2) is 38.5 Å². The summed E-state index contributed by atoms with van der Waals surface area (Å²) in [4.78, 5) is 16.0. The Morgan fingerprint density at radius 1 is 1.15 bits per heavy atom. The van der Waals surface area contributed by atoms with Crippen LogP contribution in [0.1, 0.15) is 37.7 Å². The molecule has 0 radical (unpaired) electrons. The van der Waals surface area contributed by atoms with Gasteiger partial charge in [-0.05, 0) is 42.9 Å². The van der Waals surface area contributed by atoms with Gasteiger partial charge in [-0.3, -0.25) is 9.79 Å². The molecule has 1 fully saturated rings. The molecule has 0 aliphatic heterocycles. The minimum absolute atomic E-state index is 0. The lowest BCUT2D eigenvalue weighted by Crippen LogP contribution is -2.42. The number of nitrogens with zero attached hydrogens (tertiary/aromatic N) is 1. The Kier molecular flexibility index (Phi) is 11.2. The molecule has 2 rings (SSSR count). The molecule has 146 valence electrons.